The van der Waals surface area contributed by atoms with Crippen molar-refractivity contribution < 1.29 is 4.92 Å². The Labute approximate surface area is 110 Å². The Kier molecular flexibility index (Phi) is 3.61. The van der Waals surface area contributed by atoms with Crippen LogP contribution in [-0.2, 0) is 6.54 Å². The quantitative estimate of drug-likeness (QED) is 0.499. The van der Waals surface area contributed by atoms with E-state index in [1.165, 1.54) is 6.20 Å². The molecular formula is C13H14N4O2. The number of rotatable bonds is 4. The van der Waals surface area contributed by atoms with Gasteiger partial charge in [-0.15, -0.1) is 0 Å². The highest BCUT2D eigenvalue weighted by atomic mass is 16.6. The fourth-order valence-electron chi connectivity index (χ4n) is 1.66. The number of pyridine rings is 1. The summed E-state index contributed by atoms with van der Waals surface area (Å²) in [5.41, 5.74) is 7.99. The molecule has 0 saturated heterocycles. The molecule has 1 aromatic carbocycles. The lowest BCUT2D eigenvalue weighted by molar-refractivity contribution is -0.385. The Hall–Kier alpha value is -2.63. The fraction of sp³-hybridized carbons (Fsp3) is 0.154. The van der Waals surface area contributed by atoms with Gasteiger partial charge in [-0.25, -0.2) is 4.98 Å². The van der Waals surface area contributed by atoms with Gasteiger partial charge in [-0.1, -0.05) is 12.1 Å². The minimum absolute atomic E-state index is 0.0260. The van der Waals surface area contributed by atoms with Crippen LogP contribution in [0.1, 0.15) is 11.1 Å². The highest BCUT2D eigenvalue weighted by molar-refractivity contribution is 5.47. The van der Waals surface area contributed by atoms with Crippen molar-refractivity contribution in [2.75, 3.05) is 11.1 Å². The summed E-state index contributed by atoms with van der Waals surface area (Å²) in [4.78, 5) is 14.3. The molecule has 0 aliphatic rings. The van der Waals surface area contributed by atoms with E-state index in [9.17, 15) is 10.1 Å². The van der Waals surface area contributed by atoms with E-state index in [0.717, 1.165) is 5.56 Å². The van der Waals surface area contributed by atoms with E-state index in [-0.39, 0.29) is 5.69 Å². The SMILES string of the molecule is Cc1cc(NCc2ccc(N)cc2)ncc1[N+](=O)[O-]. The van der Waals surface area contributed by atoms with Gasteiger partial charge in [0.25, 0.3) is 5.69 Å². The van der Waals surface area contributed by atoms with Gasteiger partial charge in [0.2, 0.25) is 0 Å². The van der Waals surface area contributed by atoms with Crippen LogP contribution >= 0.6 is 0 Å². The molecule has 0 saturated carbocycles. The summed E-state index contributed by atoms with van der Waals surface area (Å²) in [6.07, 6.45) is 1.26. The molecule has 0 aliphatic carbocycles. The third kappa shape index (κ3) is 3.19. The zero-order valence-electron chi connectivity index (χ0n) is 10.5. The van der Waals surface area contributed by atoms with Crippen LogP contribution in [0.5, 0.6) is 0 Å². The second kappa shape index (κ2) is 5.34. The lowest BCUT2D eigenvalue weighted by atomic mass is 10.2. The van der Waals surface area contributed by atoms with Crippen molar-refractivity contribution in [3.63, 3.8) is 0 Å². The molecule has 6 heteroatoms. The number of nitro groups is 1. The van der Waals surface area contributed by atoms with Gasteiger partial charge >= 0.3 is 0 Å². The van der Waals surface area contributed by atoms with Gasteiger partial charge < -0.3 is 11.1 Å². The average Bonchev–Trinajstić information content (AvgIpc) is 2.37. The molecule has 2 rings (SSSR count). The number of anilines is 2. The molecule has 0 atom stereocenters. The summed E-state index contributed by atoms with van der Waals surface area (Å²) < 4.78 is 0. The van der Waals surface area contributed by atoms with Crippen molar-refractivity contribution in [3.8, 4) is 0 Å². The topological polar surface area (TPSA) is 94.1 Å². The number of hydrogen-bond donors (Lipinski definition) is 2. The first-order valence-corrected chi connectivity index (χ1v) is 5.75. The highest BCUT2D eigenvalue weighted by Crippen LogP contribution is 2.19. The fourth-order valence-corrected chi connectivity index (χ4v) is 1.66. The smallest absolute Gasteiger partial charge is 0.290 e. The van der Waals surface area contributed by atoms with Gasteiger partial charge in [-0.2, -0.15) is 0 Å². The molecule has 0 bridgehead atoms. The predicted molar refractivity (Wildman–Crippen MR) is 73.8 cm³/mol. The van der Waals surface area contributed by atoms with Gasteiger partial charge in [0, 0.05) is 17.8 Å². The van der Waals surface area contributed by atoms with E-state index in [0.29, 0.717) is 23.6 Å². The molecule has 1 heterocycles. The number of benzene rings is 1. The third-order valence-corrected chi connectivity index (χ3v) is 2.73. The van der Waals surface area contributed by atoms with E-state index in [1.54, 1.807) is 13.0 Å². The van der Waals surface area contributed by atoms with Gasteiger partial charge in [-0.3, -0.25) is 10.1 Å². The van der Waals surface area contributed by atoms with Crippen molar-refractivity contribution in [2.45, 2.75) is 13.5 Å². The number of nitrogen functional groups attached to an aromatic ring is 1. The lowest BCUT2D eigenvalue weighted by Gasteiger charge is -2.06. The molecular weight excluding hydrogens is 244 g/mol. The monoisotopic (exact) mass is 258 g/mol. The highest BCUT2D eigenvalue weighted by Gasteiger charge is 2.11. The Balaban J connectivity index is 2.06. The Morgan fingerprint density at radius 2 is 2.05 bits per heavy atom. The zero-order chi connectivity index (χ0) is 13.8. The van der Waals surface area contributed by atoms with Crippen molar-refractivity contribution in [1.29, 1.82) is 0 Å². The average molecular weight is 258 g/mol. The van der Waals surface area contributed by atoms with Gasteiger partial charge in [0.15, 0.2) is 0 Å². The molecule has 2 aromatic rings. The predicted octanol–water partition coefficient (Wildman–Crippen LogP) is 2.49. The molecule has 0 fully saturated rings. The Bertz CT molecular complexity index is 596. The van der Waals surface area contributed by atoms with E-state index >= 15 is 0 Å². The molecule has 19 heavy (non-hydrogen) atoms. The van der Waals surface area contributed by atoms with Crippen molar-refractivity contribution >= 4 is 17.2 Å². The summed E-state index contributed by atoms with van der Waals surface area (Å²) in [6.45, 7) is 2.28. The molecule has 0 aliphatic heterocycles. The molecule has 0 amide bonds. The van der Waals surface area contributed by atoms with E-state index < -0.39 is 4.92 Å². The maximum atomic E-state index is 10.7. The van der Waals surface area contributed by atoms with E-state index in [2.05, 4.69) is 10.3 Å². The molecule has 0 unspecified atom stereocenters. The Morgan fingerprint density at radius 1 is 1.37 bits per heavy atom. The molecule has 1 aromatic heterocycles. The summed E-state index contributed by atoms with van der Waals surface area (Å²) in [5.74, 6) is 0.611. The minimum atomic E-state index is -0.438. The number of nitrogens with two attached hydrogens (primary N) is 1. The number of hydrogen-bond acceptors (Lipinski definition) is 5. The number of aryl methyl sites for hydroxylation is 1. The van der Waals surface area contributed by atoms with Crippen molar-refractivity contribution in [1.82, 2.24) is 4.98 Å². The van der Waals surface area contributed by atoms with Gasteiger partial charge in [-0.05, 0) is 30.7 Å². The normalized spacial score (nSPS) is 10.2. The summed E-state index contributed by atoms with van der Waals surface area (Å²) in [6, 6.07) is 9.15. The van der Waals surface area contributed by atoms with Crippen LogP contribution in [0.4, 0.5) is 17.2 Å². The molecule has 98 valence electrons. The van der Waals surface area contributed by atoms with E-state index in [4.69, 9.17) is 5.73 Å². The molecule has 3 N–H and O–H groups in total. The standard InChI is InChI=1S/C13H14N4O2/c1-9-6-13(16-8-12(9)17(18)19)15-7-10-2-4-11(14)5-3-10/h2-6,8H,7,14H2,1H3,(H,15,16). The first-order chi connectivity index (χ1) is 9.06. The number of nitrogens with zero attached hydrogens (tertiary/aromatic N) is 2. The van der Waals surface area contributed by atoms with Crippen LogP contribution in [-0.4, -0.2) is 9.91 Å². The molecule has 0 radical (unpaired) electrons. The van der Waals surface area contributed by atoms with Crippen molar-refractivity contribution in [3.05, 3.63) is 57.8 Å². The maximum absolute atomic E-state index is 10.7. The van der Waals surface area contributed by atoms with Crippen LogP contribution in [0.2, 0.25) is 0 Å². The zero-order valence-corrected chi connectivity index (χ0v) is 10.5. The lowest BCUT2D eigenvalue weighted by Crippen LogP contribution is -2.03. The van der Waals surface area contributed by atoms with Gasteiger partial charge in [0.05, 0.1) is 4.92 Å². The van der Waals surface area contributed by atoms with Crippen LogP contribution in [0.15, 0.2) is 36.5 Å². The summed E-state index contributed by atoms with van der Waals surface area (Å²) >= 11 is 0. The molecule has 0 spiro atoms. The van der Waals surface area contributed by atoms with Crippen LogP contribution < -0.4 is 11.1 Å². The first kappa shape index (κ1) is 12.8. The molecule has 6 nitrogen and oxygen atoms in total. The van der Waals surface area contributed by atoms with E-state index in [1.807, 2.05) is 24.3 Å². The first-order valence-electron chi connectivity index (χ1n) is 5.75. The second-order valence-electron chi connectivity index (χ2n) is 4.21. The number of nitrogens with one attached hydrogen (secondary N) is 1. The van der Waals surface area contributed by atoms with Crippen LogP contribution in [0.25, 0.3) is 0 Å². The van der Waals surface area contributed by atoms with Crippen LogP contribution in [0, 0.1) is 17.0 Å². The number of aromatic nitrogens is 1. The largest absolute Gasteiger partial charge is 0.399 e. The summed E-state index contributed by atoms with van der Waals surface area (Å²) in [5, 5.41) is 13.8. The summed E-state index contributed by atoms with van der Waals surface area (Å²) in [7, 11) is 0. The Morgan fingerprint density at radius 3 is 2.63 bits per heavy atom. The minimum Gasteiger partial charge on any atom is -0.399 e. The van der Waals surface area contributed by atoms with Crippen LogP contribution in [0.3, 0.4) is 0 Å². The van der Waals surface area contributed by atoms with Crippen molar-refractivity contribution in [2.24, 2.45) is 0 Å². The maximum Gasteiger partial charge on any atom is 0.290 e. The second-order valence-corrected chi connectivity index (χ2v) is 4.21. The third-order valence-electron chi connectivity index (χ3n) is 2.73. The van der Waals surface area contributed by atoms with Gasteiger partial charge in [0.1, 0.15) is 12.0 Å².